The minimum Gasteiger partial charge on any atom is -0.332 e. The number of aromatic nitrogens is 2. The van der Waals surface area contributed by atoms with E-state index in [1.165, 1.54) is 21.5 Å². The molecule has 2 aromatic carbocycles. The van der Waals surface area contributed by atoms with Crippen LogP contribution in [-0.2, 0) is 13.3 Å². The van der Waals surface area contributed by atoms with Crippen LogP contribution in [0.15, 0.2) is 86.5 Å². The summed E-state index contributed by atoms with van der Waals surface area (Å²) in [5.41, 5.74) is 2.07. The molecule has 3 aromatic rings. The SMILES string of the molecule is O=c1ccc(=O)n2n1CN(c1ccc(N=Nc3ccccc3)cc1)C2. The summed E-state index contributed by atoms with van der Waals surface area (Å²) in [6.45, 7) is 0.694. The number of benzene rings is 2. The first-order chi connectivity index (χ1) is 12.2. The highest BCUT2D eigenvalue weighted by Gasteiger charge is 2.20. The molecule has 1 aliphatic heterocycles. The van der Waals surface area contributed by atoms with E-state index in [0.29, 0.717) is 13.3 Å². The molecule has 25 heavy (non-hydrogen) atoms. The van der Waals surface area contributed by atoms with Gasteiger partial charge in [0, 0.05) is 17.8 Å². The van der Waals surface area contributed by atoms with Gasteiger partial charge in [-0.1, -0.05) is 18.2 Å². The van der Waals surface area contributed by atoms with Crippen molar-refractivity contribution in [2.24, 2.45) is 10.2 Å². The van der Waals surface area contributed by atoms with Crippen molar-refractivity contribution in [3.63, 3.8) is 0 Å². The van der Waals surface area contributed by atoms with E-state index < -0.39 is 0 Å². The van der Waals surface area contributed by atoms with Gasteiger partial charge in [0.1, 0.15) is 13.3 Å². The Hall–Kier alpha value is -3.48. The summed E-state index contributed by atoms with van der Waals surface area (Å²) in [6, 6.07) is 19.6. The molecule has 0 amide bonds. The van der Waals surface area contributed by atoms with E-state index in [-0.39, 0.29) is 11.1 Å². The van der Waals surface area contributed by atoms with Crippen LogP contribution in [0.25, 0.3) is 0 Å². The topological polar surface area (TPSA) is 72.0 Å². The van der Waals surface area contributed by atoms with Gasteiger partial charge >= 0.3 is 0 Å². The Morgan fingerprint density at radius 3 is 1.72 bits per heavy atom. The monoisotopic (exact) mass is 333 g/mol. The Morgan fingerprint density at radius 1 is 0.640 bits per heavy atom. The molecule has 0 aliphatic carbocycles. The second-order valence-electron chi connectivity index (χ2n) is 5.68. The first-order valence-electron chi connectivity index (χ1n) is 7.83. The number of fused-ring (bicyclic) bond motifs is 1. The zero-order valence-corrected chi connectivity index (χ0v) is 13.3. The maximum absolute atomic E-state index is 11.9. The van der Waals surface area contributed by atoms with Gasteiger partial charge in [-0.2, -0.15) is 10.2 Å². The van der Waals surface area contributed by atoms with Gasteiger partial charge in [0.25, 0.3) is 11.1 Å². The van der Waals surface area contributed by atoms with Crippen molar-refractivity contribution in [1.82, 2.24) is 9.36 Å². The summed E-state index contributed by atoms with van der Waals surface area (Å²) in [5, 5.41) is 8.39. The molecule has 1 aliphatic rings. The molecule has 0 radical (unpaired) electrons. The highest BCUT2D eigenvalue weighted by molar-refractivity contribution is 5.52. The molecule has 124 valence electrons. The third-order valence-electron chi connectivity index (χ3n) is 4.03. The van der Waals surface area contributed by atoms with E-state index >= 15 is 0 Å². The lowest BCUT2D eigenvalue weighted by Gasteiger charge is -2.15. The Balaban J connectivity index is 1.53. The van der Waals surface area contributed by atoms with E-state index in [2.05, 4.69) is 10.2 Å². The minimum atomic E-state index is -0.185. The third-order valence-corrected chi connectivity index (χ3v) is 4.03. The molecule has 4 rings (SSSR count). The van der Waals surface area contributed by atoms with E-state index in [1.807, 2.05) is 59.5 Å². The lowest BCUT2D eigenvalue weighted by atomic mass is 10.3. The summed E-state index contributed by atoms with van der Waals surface area (Å²) < 4.78 is 2.87. The number of hydrogen-bond acceptors (Lipinski definition) is 5. The fraction of sp³-hybridized carbons (Fsp3) is 0.111. The van der Waals surface area contributed by atoms with Gasteiger partial charge in [0.05, 0.1) is 11.4 Å². The van der Waals surface area contributed by atoms with Crippen LogP contribution in [0.1, 0.15) is 0 Å². The second kappa shape index (κ2) is 6.20. The predicted molar refractivity (Wildman–Crippen MR) is 94.5 cm³/mol. The molecular weight excluding hydrogens is 318 g/mol. The molecule has 0 saturated heterocycles. The van der Waals surface area contributed by atoms with Crippen LogP contribution < -0.4 is 16.0 Å². The Labute approximate surface area is 143 Å². The van der Waals surface area contributed by atoms with Crippen LogP contribution in [0.4, 0.5) is 17.1 Å². The largest absolute Gasteiger partial charge is 0.332 e. The zero-order chi connectivity index (χ0) is 17.2. The third kappa shape index (κ3) is 2.99. The van der Waals surface area contributed by atoms with Gasteiger partial charge in [-0.15, -0.1) is 0 Å². The number of azo groups is 1. The van der Waals surface area contributed by atoms with Gasteiger partial charge in [-0.25, -0.2) is 9.36 Å². The van der Waals surface area contributed by atoms with Gasteiger partial charge in [-0.3, -0.25) is 9.59 Å². The van der Waals surface area contributed by atoms with Crippen molar-refractivity contribution < 1.29 is 0 Å². The van der Waals surface area contributed by atoms with Crippen molar-refractivity contribution in [2.45, 2.75) is 13.3 Å². The van der Waals surface area contributed by atoms with Crippen LogP contribution >= 0.6 is 0 Å². The fourth-order valence-corrected chi connectivity index (χ4v) is 2.72. The summed E-state index contributed by atoms with van der Waals surface area (Å²) >= 11 is 0. The molecule has 0 bridgehead atoms. The van der Waals surface area contributed by atoms with Crippen LogP contribution in [0.3, 0.4) is 0 Å². The first kappa shape index (κ1) is 15.1. The van der Waals surface area contributed by atoms with Crippen LogP contribution in [-0.4, -0.2) is 9.36 Å². The molecule has 0 spiro atoms. The second-order valence-corrected chi connectivity index (χ2v) is 5.68. The molecular formula is C18H15N5O2. The normalized spacial score (nSPS) is 13.4. The molecule has 0 saturated carbocycles. The Bertz CT molecular complexity index is 997. The lowest BCUT2D eigenvalue weighted by molar-refractivity contribution is 0.548. The maximum atomic E-state index is 11.9. The average Bonchev–Trinajstić information content (AvgIpc) is 3.11. The highest BCUT2D eigenvalue weighted by Crippen LogP contribution is 2.23. The van der Waals surface area contributed by atoms with Crippen molar-refractivity contribution in [3.05, 3.63) is 87.4 Å². The van der Waals surface area contributed by atoms with E-state index in [0.717, 1.165) is 17.1 Å². The molecule has 7 heteroatoms. The van der Waals surface area contributed by atoms with Gasteiger partial charge in [0.15, 0.2) is 0 Å². The van der Waals surface area contributed by atoms with E-state index in [4.69, 9.17) is 0 Å². The van der Waals surface area contributed by atoms with Crippen molar-refractivity contribution in [1.29, 1.82) is 0 Å². The summed E-state index contributed by atoms with van der Waals surface area (Å²) in [5.74, 6) is 0. The quantitative estimate of drug-likeness (QED) is 0.692. The number of anilines is 1. The number of nitrogens with zero attached hydrogens (tertiary/aromatic N) is 5. The van der Waals surface area contributed by atoms with E-state index in [1.54, 1.807) is 0 Å². The van der Waals surface area contributed by atoms with Crippen molar-refractivity contribution in [2.75, 3.05) is 4.90 Å². The summed E-state index contributed by atoms with van der Waals surface area (Å²) in [6.07, 6.45) is 0. The number of hydrogen-bond donors (Lipinski definition) is 0. The predicted octanol–water partition coefficient (Wildman–Crippen LogP) is 2.86. The summed E-state index contributed by atoms with van der Waals surface area (Å²) in [7, 11) is 0. The fourth-order valence-electron chi connectivity index (χ4n) is 2.72. The van der Waals surface area contributed by atoms with Crippen LogP contribution in [0.5, 0.6) is 0 Å². The van der Waals surface area contributed by atoms with Crippen molar-refractivity contribution >= 4 is 17.1 Å². The molecule has 0 unspecified atom stereocenters. The van der Waals surface area contributed by atoms with Crippen LogP contribution in [0.2, 0.25) is 0 Å². The van der Waals surface area contributed by atoms with Gasteiger partial charge in [-0.05, 0) is 36.4 Å². The first-order valence-corrected chi connectivity index (χ1v) is 7.83. The summed E-state index contributed by atoms with van der Waals surface area (Å²) in [4.78, 5) is 25.7. The highest BCUT2D eigenvalue weighted by atomic mass is 16.2. The maximum Gasteiger partial charge on any atom is 0.267 e. The Morgan fingerprint density at radius 2 is 1.16 bits per heavy atom. The molecule has 7 nitrogen and oxygen atoms in total. The minimum absolute atomic E-state index is 0.185. The lowest BCUT2D eigenvalue weighted by Crippen LogP contribution is -2.32. The van der Waals surface area contributed by atoms with Gasteiger partial charge in [0.2, 0.25) is 0 Å². The molecule has 0 N–H and O–H groups in total. The number of rotatable bonds is 3. The Kier molecular flexibility index (Phi) is 3.74. The average molecular weight is 333 g/mol. The van der Waals surface area contributed by atoms with E-state index in [9.17, 15) is 9.59 Å². The molecule has 1 aromatic heterocycles. The standard InChI is InChI=1S/C18H15N5O2/c24-17-10-11-18(25)23-13-21(12-22(17)23)16-8-6-15(7-9-16)20-19-14-4-2-1-3-5-14/h1-11H,12-13H2. The van der Waals surface area contributed by atoms with Gasteiger partial charge < -0.3 is 4.90 Å². The smallest absolute Gasteiger partial charge is 0.267 e. The van der Waals surface area contributed by atoms with Crippen molar-refractivity contribution in [3.8, 4) is 0 Å². The van der Waals surface area contributed by atoms with Crippen LogP contribution in [0, 0.1) is 0 Å². The molecule has 2 heterocycles. The zero-order valence-electron chi connectivity index (χ0n) is 13.3. The molecule has 0 atom stereocenters. The molecule has 0 fully saturated rings.